The average Bonchev–Trinajstić information content (AvgIpc) is 3.16. The third-order valence-electron chi connectivity index (χ3n) is 4.94. The first kappa shape index (κ1) is 15.3. The van der Waals surface area contributed by atoms with Crippen molar-refractivity contribution >= 4 is 11.7 Å². The summed E-state index contributed by atoms with van der Waals surface area (Å²) in [7, 11) is 0. The Balaban J connectivity index is 1.76. The lowest BCUT2D eigenvalue weighted by atomic mass is 9.82. The van der Waals surface area contributed by atoms with Crippen LogP contribution in [0.3, 0.4) is 0 Å². The average molecular weight is 304 g/mol. The van der Waals surface area contributed by atoms with Gasteiger partial charge in [-0.2, -0.15) is 0 Å². The summed E-state index contributed by atoms with van der Waals surface area (Å²) in [5, 5.41) is 3.93. The molecule has 2 fully saturated rings. The first-order valence-electron chi connectivity index (χ1n) is 8.38. The number of Topliss-reactive ketones (excluding diaryl/α,β-unsaturated/α-hetero) is 1. The maximum atomic E-state index is 12.7. The maximum absolute atomic E-state index is 12.7. The molecule has 0 radical (unpaired) electrons. The maximum Gasteiger partial charge on any atom is 0.276 e. The number of ketones is 1. The van der Waals surface area contributed by atoms with Crippen molar-refractivity contribution in [3.8, 4) is 0 Å². The Morgan fingerprint density at radius 1 is 1.32 bits per heavy atom. The summed E-state index contributed by atoms with van der Waals surface area (Å²) in [6.07, 6.45) is 5.58. The van der Waals surface area contributed by atoms with Crippen LogP contribution in [-0.4, -0.2) is 34.3 Å². The zero-order valence-electron chi connectivity index (χ0n) is 13.4. The minimum atomic E-state index is -0.0866. The van der Waals surface area contributed by atoms with E-state index in [1.807, 2.05) is 18.7 Å². The Bertz CT molecular complexity index is 564. The molecule has 0 bridgehead atoms. The molecule has 0 N–H and O–H groups in total. The van der Waals surface area contributed by atoms with Gasteiger partial charge in [0.2, 0.25) is 0 Å². The summed E-state index contributed by atoms with van der Waals surface area (Å²) in [4.78, 5) is 26.8. The molecule has 3 rings (SSSR count). The van der Waals surface area contributed by atoms with Crippen molar-refractivity contribution in [3.05, 3.63) is 17.5 Å². The van der Waals surface area contributed by atoms with E-state index in [0.29, 0.717) is 17.9 Å². The van der Waals surface area contributed by atoms with Gasteiger partial charge >= 0.3 is 0 Å². The van der Waals surface area contributed by atoms with Crippen molar-refractivity contribution in [2.24, 2.45) is 5.92 Å². The minimum absolute atomic E-state index is 0.0247. The number of aromatic nitrogens is 1. The first-order valence-corrected chi connectivity index (χ1v) is 8.38. The van der Waals surface area contributed by atoms with E-state index in [4.69, 9.17) is 4.52 Å². The van der Waals surface area contributed by atoms with Crippen molar-refractivity contribution in [2.75, 3.05) is 6.54 Å². The van der Waals surface area contributed by atoms with E-state index >= 15 is 0 Å². The van der Waals surface area contributed by atoms with Gasteiger partial charge in [0.15, 0.2) is 5.69 Å². The van der Waals surface area contributed by atoms with Gasteiger partial charge in [0.1, 0.15) is 11.5 Å². The highest BCUT2D eigenvalue weighted by molar-refractivity contribution is 5.93. The molecule has 0 spiro atoms. The molecule has 1 saturated heterocycles. The number of carbonyl (C=O) groups is 2. The zero-order chi connectivity index (χ0) is 15.7. The van der Waals surface area contributed by atoms with E-state index in [1.165, 1.54) is 0 Å². The fourth-order valence-electron chi connectivity index (χ4n) is 3.69. The third-order valence-corrected chi connectivity index (χ3v) is 4.94. The van der Waals surface area contributed by atoms with Gasteiger partial charge in [0, 0.05) is 36.9 Å². The molecule has 2 heterocycles. The van der Waals surface area contributed by atoms with Gasteiger partial charge in [-0.3, -0.25) is 9.59 Å². The molecule has 22 heavy (non-hydrogen) atoms. The minimum Gasteiger partial charge on any atom is -0.360 e. The summed E-state index contributed by atoms with van der Waals surface area (Å²) in [6.45, 7) is 4.74. The molecular formula is C17H24N2O3. The molecule has 2 aliphatic rings. The Hall–Kier alpha value is -1.65. The second-order valence-corrected chi connectivity index (χ2v) is 6.80. The molecule has 0 unspecified atom stereocenters. The fraction of sp³-hybridized carbons (Fsp3) is 0.706. The van der Waals surface area contributed by atoms with Gasteiger partial charge in [-0.05, 0) is 25.7 Å². The molecule has 0 aromatic carbocycles. The molecule has 2 atom stereocenters. The monoisotopic (exact) mass is 304 g/mol. The molecule has 1 aliphatic heterocycles. The number of amides is 1. The van der Waals surface area contributed by atoms with Crippen LogP contribution in [0.25, 0.3) is 0 Å². The predicted molar refractivity (Wildman–Crippen MR) is 81.6 cm³/mol. The highest BCUT2D eigenvalue weighted by Gasteiger charge is 2.39. The van der Waals surface area contributed by atoms with Gasteiger partial charge < -0.3 is 9.42 Å². The van der Waals surface area contributed by atoms with E-state index in [0.717, 1.165) is 44.4 Å². The van der Waals surface area contributed by atoms with Crippen molar-refractivity contribution in [1.82, 2.24) is 10.1 Å². The molecule has 120 valence electrons. The smallest absolute Gasteiger partial charge is 0.276 e. The summed E-state index contributed by atoms with van der Waals surface area (Å²) in [5.41, 5.74) is 0.374. The van der Waals surface area contributed by atoms with Gasteiger partial charge in [-0.15, -0.1) is 0 Å². The second-order valence-electron chi connectivity index (χ2n) is 6.80. The zero-order valence-corrected chi connectivity index (χ0v) is 13.4. The van der Waals surface area contributed by atoms with Gasteiger partial charge in [-0.1, -0.05) is 25.4 Å². The topological polar surface area (TPSA) is 63.4 Å². The van der Waals surface area contributed by atoms with E-state index < -0.39 is 0 Å². The quantitative estimate of drug-likeness (QED) is 0.860. The fourth-order valence-corrected chi connectivity index (χ4v) is 3.69. The van der Waals surface area contributed by atoms with Gasteiger partial charge in [-0.25, -0.2) is 0 Å². The Morgan fingerprint density at radius 3 is 2.82 bits per heavy atom. The van der Waals surface area contributed by atoms with Crippen molar-refractivity contribution in [3.63, 3.8) is 0 Å². The highest BCUT2D eigenvalue weighted by Crippen LogP contribution is 2.33. The van der Waals surface area contributed by atoms with Crippen molar-refractivity contribution in [1.29, 1.82) is 0 Å². The molecule has 5 heteroatoms. The largest absolute Gasteiger partial charge is 0.360 e. The molecule has 1 saturated carbocycles. The Morgan fingerprint density at radius 2 is 2.14 bits per heavy atom. The summed E-state index contributed by atoms with van der Waals surface area (Å²) < 4.78 is 5.24. The summed E-state index contributed by atoms with van der Waals surface area (Å²) >= 11 is 0. The van der Waals surface area contributed by atoms with Crippen molar-refractivity contribution in [2.45, 2.75) is 64.3 Å². The predicted octanol–water partition coefficient (Wildman–Crippen LogP) is 3.16. The highest BCUT2D eigenvalue weighted by atomic mass is 16.5. The van der Waals surface area contributed by atoms with Crippen LogP contribution < -0.4 is 0 Å². The molecule has 1 aromatic heterocycles. The number of likely N-dealkylation sites (tertiary alicyclic amines) is 1. The number of hydrogen-bond donors (Lipinski definition) is 0. The SMILES string of the molecule is CC(C)c1cc(C(=O)N2CCC[C@@H]2[C@@H]2CCCCC2=O)no1. The number of carbonyl (C=O) groups excluding carboxylic acids is 2. The summed E-state index contributed by atoms with van der Waals surface area (Å²) in [6, 6.07) is 1.80. The summed E-state index contributed by atoms with van der Waals surface area (Å²) in [5.74, 6) is 1.21. The molecule has 1 aromatic rings. The molecule has 5 nitrogen and oxygen atoms in total. The third kappa shape index (κ3) is 2.81. The van der Waals surface area contributed by atoms with E-state index in [2.05, 4.69) is 5.16 Å². The number of rotatable bonds is 3. The van der Waals surface area contributed by atoms with Crippen LogP contribution in [0.5, 0.6) is 0 Å². The van der Waals surface area contributed by atoms with Crippen LogP contribution in [0.2, 0.25) is 0 Å². The van der Waals surface area contributed by atoms with Gasteiger partial charge in [0.25, 0.3) is 5.91 Å². The Kier molecular flexibility index (Phi) is 4.32. The Labute approximate surface area is 131 Å². The first-order chi connectivity index (χ1) is 10.6. The van der Waals surface area contributed by atoms with Crippen LogP contribution in [0, 0.1) is 5.92 Å². The van der Waals surface area contributed by atoms with Crippen LogP contribution in [0.4, 0.5) is 0 Å². The van der Waals surface area contributed by atoms with Crippen LogP contribution in [0.1, 0.15) is 74.5 Å². The lowest BCUT2D eigenvalue weighted by molar-refractivity contribution is -0.126. The number of nitrogens with zero attached hydrogens (tertiary/aromatic N) is 2. The standard InChI is InChI=1S/C17H24N2O3/c1-11(2)16-10-13(18-22-16)17(21)19-9-5-7-14(19)12-6-3-4-8-15(12)20/h10-12,14H,3-9H2,1-2H3/t12-,14+/m0/s1. The van der Waals surface area contributed by atoms with Gasteiger partial charge in [0.05, 0.1) is 0 Å². The van der Waals surface area contributed by atoms with E-state index in [-0.39, 0.29) is 23.8 Å². The number of hydrogen-bond acceptors (Lipinski definition) is 4. The molecule has 1 aliphatic carbocycles. The second kappa shape index (κ2) is 6.23. The van der Waals surface area contributed by atoms with Crippen molar-refractivity contribution < 1.29 is 14.1 Å². The molecule has 1 amide bonds. The lowest BCUT2D eigenvalue weighted by Gasteiger charge is -2.32. The van der Waals surface area contributed by atoms with Crippen LogP contribution in [0.15, 0.2) is 10.6 Å². The lowest BCUT2D eigenvalue weighted by Crippen LogP contribution is -2.43. The molecular weight excluding hydrogens is 280 g/mol. The van der Waals surface area contributed by atoms with E-state index in [1.54, 1.807) is 6.07 Å². The van der Waals surface area contributed by atoms with E-state index in [9.17, 15) is 9.59 Å². The van der Waals surface area contributed by atoms with Crippen LogP contribution >= 0.6 is 0 Å². The van der Waals surface area contributed by atoms with Crippen LogP contribution in [-0.2, 0) is 4.79 Å². The normalized spacial score (nSPS) is 26.0.